The standard InChI is InChI=1S/C20H18FN5O2/c21-15-5-3-4-14(10-15)13-25-8-9-26-18(20(25)28)11-17(24-26)19(27)23-12-16-6-1-2-7-22-16/h1-7,10-11H,8-9,12-13H2,(H,23,27). The van der Waals surface area contributed by atoms with Gasteiger partial charge in [-0.15, -0.1) is 0 Å². The van der Waals surface area contributed by atoms with Gasteiger partial charge in [-0.2, -0.15) is 5.10 Å². The lowest BCUT2D eigenvalue weighted by atomic mass is 10.2. The summed E-state index contributed by atoms with van der Waals surface area (Å²) in [5, 5.41) is 7.00. The van der Waals surface area contributed by atoms with Gasteiger partial charge in [-0.05, 0) is 29.8 Å². The van der Waals surface area contributed by atoms with Gasteiger partial charge in [0.15, 0.2) is 5.69 Å². The fourth-order valence-corrected chi connectivity index (χ4v) is 3.12. The van der Waals surface area contributed by atoms with Crippen LogP contribution in [0.15, 0.2) is 54.7 Å². The van der Waals surface area contributed by atoms with Gasteiger partial charge in [-0.25, -0.2) is 4.39 Å². The Bertz CT molecular complexity index is 1020. The van der Waals surface area contributed by atoms with Gasteiger partial charge in [-0.3, -0.25) is 19.3 Å². The van der Waals surface area contributed by atoms with Crippen molar-refractivity contribution in [3.8, 4) is 0 Å². The number of carbonyl (C=O) groups excluding carboxylic acids is 2. The third kappa shape index (κ3) is 3.75. The molecule has 28 heavy (non-hydrogen) atoms. The van der Waals surface area contributed by atoms with E-state index in [1.54, 1.807) is 34.0 Å². The topological polar surface area (TPSA) is 80.1 Å². The Labute approximate surface area is 160 Å². The normalized spacial score (nSPS) is 13.3. The number of nitrogens with one attached hydrogen (secondary N) is 1. The Kier molecular flexibility index (Phi) is 4.84. The zero-order valence-electron chi connectivity index (χ0n) is 15.0. The summed E-state index contributed by atoms with van der Waals surface area (Å²) in [5.41, 5.74) is 1.99. The van der Waals surface area contributed by atoms with E-state index in [0.29, 0.717) is 25.3 Å². The Morgan fingerprint density at radius 3 is 2.82 bits per heavy atom. The van der Waals surface area contributed by atoms with E-state index in [4.69, 9.17) is 0 Å². The molecule has 0 unspecified atom stereocenters. The highest BCUT2D eigenvalue weighted by Gasteiger charge is 2.28. The molecule has 142 valence electrons. The molecule has 1 aliphatic rings. The van der Waals surface area contributed by atoms with E-state index in [1.165, 1.54) is 18.2 Å². The Hall–Kier alpha value is -3.55. The first-order valence-electron chi connectivity index (χ1n) is 8.90. The van der Waals surface area contributed by atoms with Gasteiger partial charge in [0.05, 0.1) is 18.8 Å². The van der Waals surface area contributed by atoms with E-state index in [-0.39, 0.29) is 29.9 Å². The lowest BCUT2D eigenvalue weighted by Gasteiger charge is -2.27. The van der Waals surface area contributed by atoms with Crippen molar-refractivity contribution in [3.63, 3.8) is 0 Å². The minimum absolute atomic E-state index is 0.187. The molecule has 0 spiro atoms. The van der Waals surface area contributed by atoms with Crippen LogP contribution < -0.4 is 5.32 Å². The summed E-state index contributed by atoms with van der Waals surface area (Å²) in [4.78, 5) is 30.9. The molecule has 1 aromatic carbocycles. The van der Waals surface area contributed by atoms with Crippen LogP contribution in [-0.2, 0) is 19.6 Å². The number of aromatic nitrogens is 3. The first-order chi connectivity index (χ1) is 13.6. The minimum Gasteiger partial charge on any atom is -0.345 e. The van der Waals surface area contributed by atoms with E-state index in [1.807, 2.05) is 12.1 Å². The van der Waals surface area contributed by atoms with Crippen LogP contribution in [0, 0.1) is 5.82 Å². The van der Waals surface area contributed by atoms with Crippen molar-refractivity contribution in [3.05, 3.63) is 83.2 Å². The van der Waals surface area contributed by atoms with Crippen molar-refractivity contribution in [2.24, 2.45) is 0 Å². The first kappa shape index (κ1) is 17.8. The Morgan fingerprint density at radius 2 is 2.04 bits per heavy atom. The number of nitrogens with zero attached hydrogens (tertiary/aromatic N) is 4. The number of fused-ring (bicyclic) bond motifs is 1. The molecule has 7 nitrogen and oxygen atoms in total. The van der Waals surface area contributed by atoms with Crippen LogP contribution >= 0.6 is 0 Å². The lowest BCUT2D eigenvalue weighted by Crippen LogP contribution is -2.39. The van der Waals surface area contributed by atoms with Crippen LogP contribution in [0.4, 0.5) is 4.39 Å². The van der Waals surface area contributed by atoms with Crippen LogP contribution in [0.2, 0.25) is 0 Å². The molecule has 0 fully saturated rings. The number of hydrogen-bond acceptors (Lipinski definition) is 4. The third-order valence-electron chi connectivity index (χ3n) is 4.52. The van der Waals surface area contributed by atoms with Crippen molar-refractivity contribution in [2.75, 3.05) is 6.54 Å². The predicted molar refractivity (Wildman–Crippen MR) is 98.8 cm³/mol. The molecule has 0 saturated carbocycles. The van der Waals surface area contributed by atoms with Gasteiger partial charge in [0.25, 0.3) is 11.8 Å². The van der Waals surface area contributed by atoms with E-state index in [0.717, 1.165) is 11.3 Å². The van der Waals surface area contributed by atoms with Crippen LogP contribution in [0.1, 0.15) is 32.2 Å². The largest absolute Gasteiger partial charge is 0.345 e. The van der Waals surface area contributed by atoms with Gasteiger partial charge >= 0.3 is 0 Å². The highest BCUT2D eigenvalue weighted by Crippen LogP contribution is 2.17. The zero-order chi connectivity index (χ0) is 19.5. The number of benzene rings is 1. The SMILES string of the molecule is O=C(NCc1ccccn1)c1cc2n(n1)CCN(Cc1cccc(F)c1)C2=O. The van der Waals surface area contributed by atoms with Gasteiger partial charge < -0.3 is 10.2 Å². The fourth-order valence-electron chi connectivity index (χ4n) is 3.12. The molecule has 0 bridgehead atoms. The van der Waals surface area contributed by atoms with E-state index >= 15 is 0 Å². The molecule has 0 radical (unpaired) electrons. The zero-order valence-corrected chi connectivity index (χ0v) is 15.0. The predicted octanol–water partition coefficient (Wildman–Crippen LogP) is 2.00. The molecule has 8 heteroatoms. The summed E-state index contributed by atoms with van der Waals surface area (Å²) >= 11 is 0. The Morgan fingerprint density at radius 1 is 1.14 bits per heavy atom. The molecule has 1 aliphatic heterocycles. The molecule has 0 aliphatic carbocycles. The maximum absolute atomic E-state index is 13.4. The van der Waals surface area contributed by atoms with Crippen molar-refractivity contribution >= 4 is 11.8 Å². The quantitative estimate of drug-likeness (QED) is 0.735. The van der Waals surface area contributed by atoms with Crippen LogP contribution in [0.3, 0.4) is 0 Å². The van der Waals surface area contributed by atoms with Gasteiger partial charge in [0.1, 0.15) is 11.5 Å². The molecular weight excluding hydrogens is 361 g/mol. The summed E-state index contributed by atoms with van der Waals surface area (Å²) in [7, 11) is 0. The lowest BCUT2D eigenvalue weighted by molar-refractivity contribution is 0.0683. The molecule has 2 aromatic heterocycles. The van der Waals surface area contributed by atoms with Crippen LogP contribution in [0.5, 0.6) is 0 Å². The second-order valence-electron chi connectivity index (χ2n) is 6.50. The van der Waals surface area contributed by atoms with Crippen LogP contribution in [-0.4, -0.2) is 38.0 Å². The van der Waals surface area contributed by atoms with Crippen molar-refractivity contribution < 1.29 is 14.0 Å². The van der Waals surface area contributed by atoms with E-state index < -0.39 is 0 Å². The molecule has 3 aromatic rings. The molecular formula is C20H18FN5O2. The summed E-state index contributed by atoms with van der Waals surface area (Å²) < 4.78 is 14.9. The third-order valence-corrected chi connectivity index (χ3v) is 4.52. The number of carbonyl (C=O) groups is 2. The van der Waals surface area contributed by atoms with Gasteiger partial charge in [0.2, 0.25) is 0 Å². The smallest absolute Gasteiger partial charge is 0.272 e. The average molecular weight is 379 g/mol. The molecule has 1 N–H and O–H groups in total. The van der Waals surface area contributed by atoms with E-state index in [2.05, 4.69) is 15.4 Å². The molecule has 0 atom stereocenters. The number of hydrogen-bond donors (Lipinski definition) is 1. The summed E-state index contributed by atoms with van der Waals surface area (Å²) in [6, 6.07) is 13.1. The number of amides is 2. The summed E-state index contributed by atoms with van der Waals surface area (Å²) in [6.45, 7) is 1.51. The minimum atomic E-state index is -0.364. The maximum atomic E-state index is 13.4. The van der Waals surface area contributed by atoms with Crippen molar-refractivity contribution in [2.45, 2.75) is 19.6 Å². The van der Waals surface area contributed by atoms with Gasteiger partial charge in [-0.1, -0.05) is 18.2 Å². The second kappa shape index (κ2) is 7.59. The summed E-state index contributed by atoms with van der Waals surface area (Å²) in [5.74, 6) is -0.928. The summed E-state index contributed by atoms with van der Waals surface area (Å²) in [6.07, 6.45) is 1.66. The van der Waals surface area contributed by atoms with Crippen molar-refractivity contribution in [1.29, 1.82) is 0 Å². The molecule has 4 rings (SSSR count). The molecule has 0 saturated heterocycles. The first-order valence-corrected chi connectivity index (χ1v) is 8.90. The average Bonchev–Trinajstić information content (AvgIpc) is 3.14. The number of rotatable bonds is 5. The molecule has 3 heterocycles. The van der Waals surface area contributed by atoms with Gasteiger partial charge in [0, 0.05) is 25.4 Å². The highest BCUT2D eigenvalue weighted by atomic mass is 19.1. The fraction of sp³-hybridized carbons (Fsp3) is 0.200. The van der Waals surface area contributed by atoms with E-state index in [9.17, 15) is 14.0 Å². The number of halogens is 1. The maximum Gasteiger partial charge on any atom is 0.272 e. The monoisotopic (exact) mass is 379 g/mol. The Balaban J connectivity index is 1.45. The number of pyridine rings is 1. The second-order valence-corrected chi connectivity index (χ2v) is 6.50. The molecule has 2 amide bonds. The van der Waals surface area contributed by atoms with Crippen LogP contribution in [0.25, 0.3) is 0 Å². The van der Waals surface area contributed by atoms with Crippen molar-refractivity contribution in [1.82, 2.24) is 25.0 Å². The highest BCUT2D eigenvalue weighted by molar-refractivity contribution is 5.98.